The Kier molecular flexibility index (Phi) is 4.06. The van der Waals surface area contributed by atoms with Gasteiger partial charge in [0.1, 0.15) is 4.21 Å². The van der Waals surface area contributed by atoms with Crippen LogP contribution in [0.5, 0.6) is 0 Å². The van der Waals surface area contributed by atoms with Gasteiger partial charge in [0.2, 0.25) is 0 Å². The topological polar surface area (TPSA) is 86.4 Å². The normalized spacial score (nSPS) is 16.4. The van der Waals surface area contributed by atoms with E-state index < -0.39 is 10.0 Å². The first-order chi connectivity index (χ1) is 12.1. The summed E-state index contributed by atoms with van der Waals surface area (Å²) in [7, 11) is -3.46. The molecule has 9 heteroatoms. The minimum atomic E-state index is -3.46. The molecule has 2 aromatic heterocycles. The SMILES string of the molecule is O=C(c1n[nH]c2ccccc12)N1CCN(S(=O)(=O)c2cccs2)CC1. The van der Waals surface area contributed by atoms with Crippen LogP contribution in [0.25, 0.3) is 10.9 Å². The molecule has 1 aromatic carbocycles. The van der Waals surface area contributed by atoms with Gasteiger partial charge in [-0.3, -0.25) is 9.89 Å². The number of hydrogen-bond acceptors (Lipinski definition) is 5. The fourth-order valence-electron chi connectivity index (χ4n) is 2.95. The molecule has 0 atom stereocenters. The van der Waals surface area contributed by atoms with Crippen LogP contribution < -0.4 is 0 Å². The van der Waals surface area contributed by atoms with E-state index >= 15 is 0 Å². The number of sulfonamides is 1. The van der Waals surface area contributed by atoms with Crippen molar-refractivity contribution in [2.75, 3.05) is 26.2 Å². The third-order valence-electron chi connectivity index (χ3n) is 4.29. The van der Waals surface area contributed by atoms with Gasteiger partial charge in [-0.2, -0.15) is 9.40 Å². The third kappa shape index (κ3) is 2.84. The number of para-hydroxylation sites is 1. The number of fused-ring (bicyclic) bond motifs is 1. The first-order valence-electron chi connectivity index (χ1n) is 7.83. The molecule has 0 spiro atoms. The largest absolute Gasteiger partial charge is 0.335 e. The Bertz CT molecular complexity index is 1000. The summed E-state index contributed by atoms with van der Waals surface area (Å²) >= 11 is 1.21. The van der Waals surface area contributed by atoms with E-state index in [2.05, 4.69) is 10.2 Å². The number of nitrogens with one attached hydrogen (secondary N) is 1. The Balaban J connectivity index is 1.49. The molecule has 0 unspecified atom stereocenters. The number of nitrogens with zero attached hydrogens (tertiary/aromatic N) is 3. The molecule has 130 valence electrons. The Labute approximate surface area is 148 Å². The van der Waals surface area contributed by atoms with Crippen molar-refractivity contribution >= 4 is 38.2 Å². The quantitative estimate of drug-likeness (QED) is 0.755. The Hall–Kier alpha value is -2.23. The van der Waals surface area contributed by atoms with Gasteiger partial charge in [0.05, 0.1) is 5.52 Å². The number of aromatic nitrogens is 2. The van der Waals surface area contributed by atoms with Crippen molar-refractivity contribution in [3.63, 3.8) is 0 Å². The fourth-order valence-corrected chi connectivity index (χ4v) is 5.51. The lowest BCUT2D eigenvalue weighted by Crippen LogP contribution is -2.50. The number of carbonyl (C=O) groups excluding carboxylic acids is 1. The summed E-state index contributed by atoms with van der Waals surface area (Å²) in [5.41, 5.74) is 1.19. The molecule has 3 heterocycles. The number of hydrogen-bond donors (Lipinski definition) is 1. The van der Waals surface area contributed by atoms with Crippen LogP contribution in [-0.4, -0.2) is 59.9 Å². The molecular weight excluding hydrogens is 360 g/mol. The van der Waals surface area contributed by atoms with Crippen molar-refractivity contribution in [3.05, 3.63) is 47.5 Å². The monoisotopic (exact) mass is 376 g/mol. The van der Waals surface area contributed by atoms with Crippen molar-refractivity contribution in [2.45, 2.75) is 4.21 Å². The second-order valence-corrected chi connectivity index (χ2v) is 8.86. The van der Waals surface area contributed by atoms with E-state index in [0.717, 1.165) is 10.9 Å². The molecule has 0 bridgehead atoms. The van der Waals surface area contributed by atoms with E-state index in [1.165, 1.54) is 15.6 Å². The molecule has 7 nitrogen and oxygen atoms in total. The van der Waals surface area contributed by atoms with Gasteiger partial charge in [-0.1, -0.05) is 24.3 Å². The van der Waals surface area contributed by atoms with Crippen LogP contribution in [0.1, 0.15) is 10.5 Å². The smallest absolute Gasteiger partial charge is 0.275 e. The highest BCUT2D eigenvalue weighted by molar-refractivity contribution is 7.91. The number of benzene rings is 1. The van der Waals surface area contributed by atoms with Gasteiger partial charge in [-0.05, 0) is 17.5 Å². The first-order valence-corrected chi connectivity index (χ1v) is 10.2. The van der Waals surface area contributed by atoms with Crippen LogP contribution in [0.4, 0.5) is 0 Å². The summed E-state index contributed by atoms with van der Waals surface area (Å²) in [6.45, 7) is 1.28. The number of aromatic amines is 1. The summed E-state index contributed by atoms with van der Waals surface area (Å²) in [6.07, 6.45) is 0. The van der Waals surface area contributed by atoms with Crippen molar-refractivity contribution in [3.8, 4) is 0 Å². The van der Waals surface area contributed by atoms with Gasteiger partial charge in [-0.15, -0.1) is 11.3 Å². The average Bonchev–Trinajstić information content (AvgIpc) is 3.31. The van der Waals surface area contributed by atoms with E-state index in [4.69, 9.17) is 0 Å². The fraction of sp³-hybridized carbons (Fsp3) is 0.250. The zero-order valence-electron chi connectivity index (χ0n) is 13.3. The van der Waals surface area contributed by atoms with Crippen molar-refractivity contribution in [1.29, 1.82) is 0 Å². The minimum absolute atomic E-state index is 0.175. The lowest BCUT2D eigenvalue weighted by molar-refractivity contribution is 0.0694. The molecule has 0 saturated carbocycles. The molecule has 1 fully saturated rings. The zero-order valence-corrected chi connectivity index (χ0v) is 14.9. The molecule has 0 aliphatic carbocycles. The molecular formula is C16H16N4O3S2. The molecule has 4 rings (SSSR count). The highest BCUT2D eigenvalue weighted by Gasteiger charge is 2.31. The lowest BCUT2D eigenvalue weighted by atomic mass is 10.2. The summed E-state index contributed by atoms with van der Waals surface area (Å²) in [5.74, 6) is -0.175. The number of amides is 1. The minimum Gasteiger partial charge on any atom is -0.335 e. The molecule has 3 aromatic rings. The van der Waals surface area contributed by atoms with Gasteiger partial charge < -0.3 is 4.90 Å². The second kappa shape index (κ2) is 6.25. The molecule has 1 aliphatic rings. The van der Waals surface area contributed by atoms with E-state index in [-0.39, 0.29) is 19.0 Å². The van der Waals surface area contributed by atoms with Gasteiger partial charge in [0.15, 0.2) is 5.69 Å². The third-order valence-corrected chi connectivity index (χ3v) is 7.56. The first kappa shape index (κ1) is 16.2. The summed E-state index contributed by atoms with van der Waals surface area (Å²) in [5, 5.41) is 9.51. The molecule has 1 amide bonds. The summed E-state index contributed by atoms with van der Waals surface area (Å²) < 4.78 is 26.9. The maximum Gasteiger partial charge on any atom is 0.275 e. The van der Waals surface area contributed by atoms with Gasteiger partial charge >= 0.3 is 0 Å². The van der Waals surface area contributed by atoms with Crippen LogP contribution in [0.2, 0.25) is 0 Å². The van der Waals surface area contributed by atoms with Gasteiger partial charge in [0.25, 0.3) is 15.9 Å². The van der Waals surface area contributed by atoms with Crippen LogP contribution in [0.3, 0.4) is 0 Å². The predicted molar refractivity (Wildman–Crippen MR) is 95.1 cm³/mol. The molecule has 1 aliphatic heterocycles. The molecule has 0 radical (unpaired) electrons. The second-order valence-electron chi connectivity index (χ2n) is 5.75. The van der Waals surface area contributed by atoms with Crippen LogP contribution in [0.15, 0.2) is 46.0 Å². The van der Waals surface area contributed by atoms with Crippen LogP contribution in [-0.2, 0) is 10.0 Å². The number of thiophene rings is 1. The molecule has 1 N–H and O–H groups in total. The molecule has 25 heavy (non-hydrogen) atoms. The van der Waals surface area contributed by atoms with Crippen LogP contribution in [0, 0.1) is 0 Å². The summed E-state index contributed by atoms with van der Waals surface area (Å²) in [4.78, 5) is 14.4. The average molecular weight is 376 g/mol. The van der Waals surface area contributed by atoms with E-state index in [9.17, 15) is 13.2 Å². The van der Waals surface area contributed by atoms with E-state index in [1.807, 2.05) is 24.3 Å². The van der Waals surface area contributed by atoms with Gasteiger partial charge in [-0.25, -0.2) is 8.42 Å². The van der Waals surface area contributed by atoms with Crippen LogP contribution >= 0.6 is 11.3 Å². The van der Waals surface area contributed by atoms with Crippen molar-refractivity contribution < 1.29 is 13.2 Å². The van der Waals surface area contributed by atoms with Crippen molar-refractivity contribution in [2.24, 2.45) is 0 Å². The van der Waals surface area contributed by atoms with Crippen molar-refractivity contribution in [1.82, 2.24) is 19.4 Å². The Morgan fingerprint density at radius 3 is 2.56 bits per heavy atom. The number of carbonyl (C=O) groups is 1. The van der Waals surface area contributed by atoms with Gasteiger partial charge in [0, 0.05) is 31.6 Å². The maximum absolute atomic E-state index is 12.7. The Morgan fingerprint density at radius 1 is 1.08 bits per heavy atom. The summed E-state index contributed by atoms with van der Waals surface area (Å²) in [6, 6.07) is 10.8. The Morgan fingerprint density at radius 2 is 1.84 bits per heavy atom. The van der Waals surface area contributed by atoms with E-state index in [0.29, 0.717) is 23.0 Å². The highest BCUT2D eigenvalue weighted by atomic mass is 32.2. The molecule has 1 saturated heterocycles. The number of piperazine rings is 1. The maximum atomic E-state index is 12.7. The highest BCUT2D eigenvalue weighted by Crippen LogP contribution is 2.23. The zero-order chi connectivity index (χ0) is 17.4. The lowest BCUT2D eigenvalue weighted by Gasteiger charge is -2.33. The standard InChI is InChI=1S/C16H16N4O3S2/c21-16(15-12-4-1-2-5-13(12)17-18-15)19-7-9-20(10-8-19)25(22,23)14-6-3-11-24-14/h1-6,11H,7-10H2,(H,17,18). The van der Waals surface area contributed by atoms with E-state index in [1.54, 1.807) is 22.4 Å². The number of rotatable bonds is 3. The number of H-pyrrole nitrogens is 1. The predicted octanol–water partition coefficient (Wildman–Crippen LogP) is 1.77.